The van der Waals surface area contributed by atoms with Crippen molar-refractivity contribution in [2.45, 2.75) is 44.8 Å². The maximum atomic E-state index is 9.17. The molecule has 1 aliphatic carbocycles. The summed E-state index contributed by atoms with van der Waals surface area (Å²) in [5.41, 5.74) is 1.92. The summed E-state index contributed by atoms with van der Waals surface area (Å²) in [7, 11) is 0. The Balaban J connectivity index is 1.74. The number of fused-ring (bicyclic) bond motifs is 3. The lowest BCUT2D eigenvalue weighted by Crippen LogP contribution is -2.04. The molecule has 0 aliphatic heterocycles. The molecule has 2 aromatic heterocycles. The molecule has 26 heavy (non-hydrogen) atoms. The van der Waals surface area contributed by atoms with Crippen LogP contribution in [0.4, 0.5) is 0 Å². The molecule has 1 aliphatic rings. The van der Waals surface area contributed by atoms with Gasteiger partial charge in [-0.15, -0.1) is 11.3 Å². The molecule has 1 nitrogen and oxygen atoms in total. The molecule has 0 amide bonds. The first-order valence-corrected chi connectivity index (χ1v) is 9.94. The van der Waals surface area contributed by atoms with Gasteiger partial charge in [0.15, 0.2) is 0 Å². The smallest absolute Gasteiger partial charge is 0.0716 e. The highest BCUT2D eigenvalue weighted by atomic mass is 32.1. The molecule has 0 atom stereocenters. The second-order valence-corrected chi connectivity index (χ2v) is 7.92. The summed E-state index contributed by atoms with van der Waals surface area (Å²) in [5.74, 6) is -0.576. The van der Waals surface area contributed by atoms with E-state index in [2.05, 4.69) is 17.1 Å². The number of nitrogens with zero attached hydrogens (tertiary/aromatic N) is 1. The van der Waals surface area contributed by atoms with E-state index < -0.39 is 12.7 Å². The van der Waals surface area contributed by atoms with E-state index in [1.165, 1.54) is 12.6 Å². The van der Waals surface area contributed by atoms with E-state index in [9.17, 15) is 0 Å². The molecule has 1 saturated carbocycles. The molecule has 5 rings (SSSR count). The van der Waals surface area contributed by atoms with Gasteiger partial charge in [0.25, 0.3) is 0 Å². The van der Waals surface area contributed by atoms with Crippen LogP contribution in [-0.4, -0.2) is 4.98 Å². The topological polar surface area (TPSA) is 12.9 Å². The zero-order valence-corrected chi connectivity index (χ0v) is 15.2. The van der Waals surface area contributed by atoms with Crippen LogP contribution in [0.1, 0.15) is 57.3 Å². The Bertz CT molecular complexity index is 1330. The van der Waals surface area contributed by atoms with Gasteiger partial charge in [0, 0.05) is 37.4 Å². The molecular formula is C24H23NS. The number of aromatic nitrogens is 1. The maximum Gasteiger partial charge on any atom is 0.0716 e. The molecular weight excluding hydrogens is 334 g/mol. The molecule has 130 valence electrons. The molecule has 0 spiro atoms. The van der Waals surface area contributed by atoms with E-state index in [1.807, 2.05) is 24.3 Å². The van der Waals surface area contributed by atoms with Gasteiger partial charge in [0.2, 0.25) is 0 Å². The zero-order chi connectivity index (χ0) is 22.7. The van der Waals surface area contributed by atoms with E-state index >= 15 is 0 Å². The first kappa shape index (κ1) is 10.8. The van der Waals surface area contributed by atoms with Crippen molar-refractivity contribution in [2.75, 3.05) is 0 Å². The standard InChI is InChI=1S/C24H23NS/c1-16-13-14-22(25-15-16)21-12-6-11-20-19-10-5-9-18(23(19)26-24(20)21)17-7-3-2-4-8-17/h5-6,9-15,17H,2-4,7-8H2,1H3/i1D3,13D,14D,17D. The largest absolute Gasteiger partial charge is 0.256 e. The van der Waals surface area contributed by atoms with E-state index in [0.29, 0.717) is 5.69 Å². The van der Waals surface area contributed by atoms with Crippen molar-refractivity contribution in [3.63, 3.8) is 0 Å². The summed E-state index contributed by atoms with van der Waals surface area (Å²) in [5, 5.41) is 2.13. The van der Waals surface area contributed by atoms with Gasteiger partial charge in [0.1, 0.15) is 0 Å². The minimum absolute atomic E-state index is 0.173. The molecule has 2 heterocycles. The summed E-state index contributed by atoms with van der Waals surface area (Å²) in [6.07, 6.45) is 6.28. The Morgan fingerprint density at radius 2 is 1.85 bits per heavy atom. The predicted octanol–water partition coefficient (Wildman–Crippen LogP) is 7.47. The highest BCUT2D eigenvalue weighted by Crippen LogP contribution is 2.44. The maximum absolute atomic E-state index is 9.17. The average molecular weight is 364 g/mol. The minimum Gasteiger partial charge on any atom is -0.256 e. The lowest BCUT2D eigenvalue weighted by Gasteiger charge is -2.22. The second-order valence-electron chi connectivity index (χ2n) is 6.90. The van der Waals surface area contributed by atoms with E-state index in [1.54, 1.807) is 11.3 Å². The van der Waals surface area contributed by atoms with Crippen LogP contribution in [0.5, 0.6) is 0 Å². The quantitative estimate of drug-likeness (QED) is 0.360. The summed E-state index contributed by atoms with van der Waals surface area (Å²) >= 11 is 1.61. The van der Waals surface area contributed by atoms with Crippen LogP contribution >= 0.6 is 11.3 Å². The van der Waals surface area contributed by atoms with Crippen molar-refractivity contribution in [3.05, 3.63) is 65.8 Å². The molecule has 4 aromatic rings. The third-order valence-corrected chi connectivity index (χ3v) is 6.54. The van der Waals surface area contributed by atoms with Crippen molar-refractivity contribution in [2.24, 2.45) is 0 Å². The van der Waals surface area contributed by atoms with Gasteiger partial charge in [-0.25, -0.2) is 0 Å². The van der Waals surface area contributed by atoms with Crippen LogP contribution in [0, 0.1) is 6.85 Å². The van der Waals surface area contributed by atoms with Crippen molar-refractivity contribution >= 4 is 31.5 Å². The normalized spacial score (nSPS) is 20.8. The fourth-order valence-electron chi connectivity index (χ4n) is 3.99. The van der Waals surface area contributed by atoms with Gasteiger partial charge in [0.05, 0.1) is 8.44 Å². The highest BCUT2D eigenvalue weighted by Gasteiger charge is 2.20. The Morgan fingerprint density at radius 3 is 2.69 bits per heavy atom. The Labute approximate surface area is 167 Å². The minimum atomic E-state index is -2.47. The fraction of sp³-hybridized carbons (Fsp3) is 0.292. The van der Waals surface area contributed by atoms with Crippen molar-refractivity contribution < 1.29 is 8.22 Å². The molecule has 0 unspecified atom stereocenters. The summed E-state index contributed by atoms with van der Waals surface area (Å²) < 4.78 is 50.7. The second kappa shape index (κ2) is 6.51. The number of hydrogen-bond acceptors (Lipinski definition) is 2. The van der Waals surface area contributed by atoms with Gasteiger partial charge in [-0.05, 0) is 42.8 Å². The first-order valence-electron chi connectivity index (χ1n) is 12.1. The van der Waals surface area contributed by atoms with Crippen LogP contribution in [0.2, 0.25) is 0 Å². The van der Waals surface area contributed by atoms with Crippen LogP contribution < -0.4 is 0 Å². The van der Waals surface area contributed by atoms with Crippen LogP contribution in [-0.2, 0) is 0 Å². The molecule has 0 bridgehead atoms. The number of benzene rings is 2. The van der Waals surface area contributed by atoms with Crippen LogP contribution in [0.3, 0.4) is 0 Å². The van der Waals surface area contributed by atoms with E-state index in [-0.39, 0.29) is 17.6 Å². The van der Waals surface area contributed by atoms with Crippen LogP contribution in [0.25, 0.3) is 31.4 Å². The number of hydrogen-bond donors (Lipinski definition) is 0. The summed E-state index contributed by atoms with van der Waals surface area (Å²) in [4.78, 5) is 4.32. The van der Waals surface area contributed by atoms with Gasteiger partial charge in [-0.3, -0.25) is 4.98 Å². The molecule has 2 aromatic carbocycles. The summed E-state index contributed by atoms with van der Waals surface area (Å²) in [6, 6.07) is 11.5. The average Bonchev–Trinajstić information content (AvgIpc) is 3.14. The van der Waals surface area contributed by atoms with E-state index in [4.69, 9.17) is 8.22 Å². The van der Waals surface area contributed by atoms with Crippen molar-refractivity contribution in [1.82, 2.24) is 4.98 Å². The molecule has 1 fully saturated rings. The number of pyridine rings is 1. The molecule has 0 N–H and O–H groups in total. The summed E-state index contributed by atoms with van der Waals surface area (Å²) in [6.45, 7) is -2.47. The number of aryl methyl sites for hydroxylation is 1. The lowest BCUT2D eigenvalue weighted by molar-refractivity contribution is 0.446. The SMILES string of the molecule is [2H]c1c(C([2H])([2H])[2H])cnc(-c2cccc3c2sc2c(C4([2H])CCCCC4)cccc23)c1[2H]. The van der Waals surface area contributed by atoms with E-state index in [0.717, 1.165) is 57.0 Å². The van der Waals surface area contributed by atoms with Gasteiger partial charge >= 0.3 is 0 Å². The number of thiophene rings is 1. The third-order valence-electron chi connectivity index (χ3n) is 5.26. The van der Waals surface area contributed by atoms with Gasteiger partial charge in [-0.2, -0.15) is 0 Å². The third kappa shape index (κ3) is 2.64. The zero-order valence-electron chi connectivity index (χ0n) is 20.4. The molecule has 0 saturated heterocycles. The first-order chi connectivity index (χ1) is 15.2. The molecule has 0 radical (unpaired) electrons. The monoisotopic (exact) mass is 363 g/mol. The highest BCUT2D eigenvalue weighted by molar-refractivity contribution is 7.26. The van der Waals surface area contributed by atoms with Crippen LogP contribution in [0.15, 0.2) is 54.7 Å². The fourth-order valence-corrected chi connectivity index (χ4v) is 5.37. The van der Waals surface area contributed by atoms with Crippen molar-refractivity contribution in [3.8, 4) is 11.3 Å². The Hall–Kier alpha value is -2.19. The number of rotatable bonds is 2. The van der Waals surface area contributed by atoms with Gasteiger partial charge in [-0.1, -0.05) is 61.7 Å². The predicted molar refractivity (Wildman–Crippen MR) is 113 cm³/mol. The Kier molecular flexibility index (Phi) is 2.72. The van der Waals surface area contributed by atoms with Crippen molar-refractivity contribution in [1.29, 1.82) is 0 Å². The lowest BCUT2D eigenvalue weighted by atomic mass is 9.83. The Morgan fingerprint density at radius 1 is 1.04 bits per heavy atom. The molecule has 2 heteroatoms. The van der Waals surface area contributed by atoms with Gasteiger partial charge < -0.3 is 0 Å².